The van der Waals surface area contributed by atoms with Crippen molar-refractivity contribution in [2.24, 2.45) is 11.8 Å². The van der Waals surface area contributed by atoms with Crippen LogP contribution in [0.25, 0.3) is 0 Å². The number of alkyl halides is 3. The van der Waals surface area contributed by atoms with Gasteiger partial charge in [0.25, 0.3) is 0 Å². The molecule has 116 valence electrons. The van der Waals surface area contributed by atoms with Crippen molar-refractivity contribution in [2.75, 3.05) is 6.61 Å². The van der Waals surface area contributed by atoms with E-state index in [-0.39, 0.29) is 19.3 Å². The Balaban J connectivity index is 2.60. The van der Waals surface area contributed by atoms with Gasteiger partial charge < -0.3 is 15.5 Å². The van der Waals surface area contributed by atoms with Crippen LogP contribution >= 0.6 is 0 Å². The zero-order valence-corrected chi connectivity index (χ0v) is 10.8. The summed E-state index contributed by atoms with van der Waals surface area (Å²) in [5, 5.41) is 19.7. The molecule has 2 unspecified atom stereocenters. The van der Waals surface area contributed by atoms with Crippen LogP contribution in [0.1, 0.15) is 32.1 Å². The lowest BCUT2D eigenvalue weighted by molar-refractivity contribution is -0.186. The second kappa shape index (κ2) is 6.92. The van der Waals surface area contributed by atoms with E-state index in [9.17, 15) is 22.8 Å². The third kappa shape index (κ3) is 4.66. The van der Waals surface area contributed by atoms with Gasteiger partial charge in [-0.1, -0.05) is 6.42 Å². The molecule has 0 aromatic rings. The van der Waals surface area contributed by atoms with Crippen LogP contribution in [0.2, 0.25) is 0 Å². The van der Waals surface area contributed by atoms with Crippen LogP contribution < -0.4 is 5.32 Å². The van der Waals surface area contributed by atoms with Gasteiger partial charge >= 0.3 is 12.1 Å². The zero-order chi connectivity index (χ0) is 15.3. The summed E-state index contributed by atoms with van der Waals surface area (Å²) < 4.78 is 37.9. The molecular weight excluding hydrogens is 279 g/mol. The Hall–Kier alpha value is -1.31. The van der Waals surface area contributed by atoms with Crippen LogP contribution in [-0.4, -0.2) is 40.9 Å². The number of aliphatic hydroxyl groups is 1. The third-order valence-corrected chi connectivity index (χ3v) is 3.54. The van der Waals surface area contributed by atoms with Crippen molar-refractivity contribution >= 4 is 11.9 Å². The Labute approximate surface area is 114 Å². The Morgan fingerprint density at radius 1 is 1.30 bits per heavy atom. The molecule has 0 bridgehead atoms. The molecule has 1 saturated carbocycles. The van der Waals surface area contributed by atoms with E-state index in [4.69, 9.17) is 10.2 Å². The fourth-order valence-electron chi connectivity index (χ4n) is 2.40. The summed E-state index contributed by atoms with van der Waals surface area (Å²) in [6.07, 6.45) is -4.18. The lowest BCUT2D eigenvalue weighted by Gasteiger charge is -2.30. The number of carbonyl (C=O) groups is 2. The van der Waals surface area contributed by atoms with E-state index < -0.39 is 42.5 Å². The van der Waals surface area contributed by atoms with Crippen LogP contribution in [0.4, 0.5) is 13.2 Å². The molecule has 1 aliphatic rings. The molecule has 0 heterocycles. The molecule has 0 radical (unpaired) electrons. The number of aliphatic hydroxyl groups excluding tert-OH is 1. The average molecular weight is 297 g/mol. The number of nitrogens with one attached hydrogen (secondary N) is 1. The standard InChI is InChI=1S/C12H18F3NO4/c13-12(14,15)8-3-1-2-7(6-8)10(18)16-9(4-5-17)11(19)20/h7-9,17H,1-6H2,(H,16,18)(H,19,20)/t7?,8?,9-/m0/s1. The van der Waals surface area contributed by atoms with Crippen molar-refractivity contribution in [3.05, 3.63) is 0 Å². The molecule has 0 spiro atoms. The Kier molecular flexibility index (Phi) is 5.79. The topological polar surface area (TPSA) is 86.6 Å². The normalized spacial score (nSPS) is 25.0. The van der Waals surface area contributed by atoms with E-state index in [1.54, 1.807) is 0 Å². The summed E-state index contributed by atoms with van der Waals surface area (Å²) in [4.78, 5) is 22.7. The molecule has 0 aromatic heterocycles. The SMILES string of the molecule is O=C(N[C@@H](CCO)C(=O)O)C1CCCC(C(F)(F)F)C1. The van der Waals surface area contributed by atoms with Crippen LogP contribution in [0, 0.1) is 11.8 Å². The third-order valence-electron chi connectivity index (χ3n) is 3.54. The molecule has 1 fully saturated rings. The molecule has 0 aromatic carbocycles. The molecule has 0 saturated heterocycles. The Morgan fingerprint density at radius 2 is 1.95 bits per heavy atom. The van der Waals surface area contributed by atoms with Gasteiger partial charge in [0.2, 0.25) is 5.91 Å². The predicted octanol–water partition coefficient (Wildman–Crippen LogP) is 1.31. The zero-order valence-electron chi connectivity index (χ0n) is 10.8. The number of carboxylic acid groups (broad SMARTS) is 1. The van der Waals surface area contributed by atoms with Gasteiger partial charge in [0.1, 0.15) is 6.04 Å². The molecule has 3 atom stereocenters. The van der Waals surface area contributed by atoms with E-state index in [1.165, 1.54) is 0 Å². The van der Waals surface area contributed by atoms with Crippen molar-refractivity contribution in [3.8, 4) is 0 Å². The molecule has 0 aliphatic heterocycles. The summed E-state index contributed by atoms with van der Waals surface area (Å²) in [6.45, 7) is -0.424. The first-order valence-corrected chi connectivity index (χ1v) is 6.46. The lowest BCUT2D eigenvalue weighted by atomic mass is 9.80. The van der Waals surface area contributed by atoms with Crippen LogP contribution in [-0.2, 0) is 9.59 Å². The van der Waals surface area contributed by atoms with E-state index in [2.05, 4.69) is 5.32 Å². The van der Waals surface area contributed by atoms with Gasteiger partial charge in [0, 0.05) is 18.9 Å². The minimum Gasteiger partial charge on any atom is -0.480 e. The number of amides is 1. The Morgan fingerprint density at radius 3 is 2.45 bits per heavy atom. The van der Waals surface area contributed by atoms with Crippen molar-refractivity contribution in [1.82, 2.24) is 5.32 Å². The van der Waals surface area contributed by atoms with Gasteiger partial charge in [0.05, 0.1) is 5.92 Å². The Bertz CT molecular complexity index is 359. The summed E-state index contributed by atoms with van der Waals surface area (Å²) >= 11 is 0. The smallest absolute Gasteiger partial charge is 0.391 e. The van der Waals surface area contributed by atoms with Crippen molar-refractivity contribution < 1.29 is 33.0 Å². The van der Waals surface area contributed by atoms with Crippen LogP contribution in [0.3, 0.4) is 0 Å². The number of carbonyl (C=O) groups excluding carboxylic acids is 1. The van der Waals surface area contributed by atoms with Crippen molar-refractivity contribution in [2.45, 2.75) is 44.3 Å². The molecule has 20 heavy (non-hydrogen) atoms. The number of halogens is 3. The largest absolute Gasteiger partial charge is 0.480 e. The summed E-state index contributed by atoms with van der Waals surface area (Å²) in [7, 11) is 0. The first-order chi connectivity index (χ1) is 9.25. The number of hydrogen-bond acceptors (Lipinski definition) is 3. The van der Waals surface area contributed by atoms with E-state index >= 15 is 0 Å². The number of hydrogen-bond donors (Lipinski definition) is 3. The fraction of sp³-hybridized carbons (Fsp3) is 0.833. The fourth-order valence-corrected chi connectivity index (χ4v) is 2.40. The molecular formula is C12H18F3NO4. The summed E-state index contributed by atoms with van der Waals surface area (Å²) in [5.74, 6) is -4.32. The number of rotatable bonds is 5. The van der Waals surface area contributed by atoms with Gasteiger partial charge in [0.15, 0.2) is 0 Å². The monoisotopic (exact) mass is 297 g/mol. The van der Waals surface area contributed by atoms with E-state index in [0.29, 0.717) is 12.8 Å². The molecule has 8 heteroatoms. The summed E-state index contributed by atoms with van der Waals surface area (Å²) in [6, 6.07) is -1.27. The van der Waals surface area contributed by atoms with Gasteiger partial charge in [-0.05, 0) is 19.3 Å². The minimum absolute atomic E-state index is 0.00623. The molecule has 1 rings (SSSR count). The molecule has 1 amide bonds. The molecule has 5 nitrogen and oxygen atoms in total. The van der Waals surface area contributed by atoms with E-state index in [0.717, 1.165) is 0 Å². The second-order valence-electron chi connectivity index (χ2n) is 5.01. The van der Waals surface area contributed by atoms with Crippen LogP contribution in [0.15, 0.2) is 0 Å². The molecule has 1 aliphatic carbocycles. The first-order valence-electron chi connectivity index (χ1n) is 6.46. The maximum absolute atomic E-state index is 12.6. The summed E-state index contributed by atoms with van der Waals surface area (Å²) in [5.41, 5.74) is 0. The van der Waals surface area contributed by atoms with Gasteiger partial charge in [-0.3, -0.25) is 4.79 Å². The highest BCUT2D eigenvalue weighted by Crippen LogP contribution is 2.39. The maximum atomic E-state index is 12.6. The number of aliphatic carboxylic acids is 1. The minimum atomic E-state index is -4.32. The van der Waals surface area contributed by atoms with Gasteiger partial charge in [-0.25, -0.2) is 4.79 Å². The van der Waals surface area contributed by atoms with Gasteiger partial charge in [-0.15, -0.1) is 0 Å². The molecule has 3 N–H and O–H groups in total. The predicted molar refractivity (Wildman–Crippen MR) is 62.8 cm³/mol. The average Bonchev–Trinajstić information content (AvgIpc) is 2.37. The van der Waals surface area contributed by atoms with Crippen molar-refractivity contribution in [1.29, 1.82) is 0 Å². The quantitative estimate of drug-likeness (QED) is 0.714. The van der Waals surface area contributed by atoms with Crippen molar-refractivity contribution in [3.63, 3.8) is 0 Å². The van der Waals surface area contributed by atoms with Gasteiger partial charge in [-0.2, -0.15) is 13.2 Å². The number of carboxylic acids is 1. The highest BCUT2D eigenvalue weighted by Gasteiger charge is 2.43. The first kappa shape index (κ1) is 16.7. The lowest BCUT2D eigenvalue weighted by Crippen LogP contribution is -2.45. The van der Waals surface area contributed by atoms with E-state index in [1.807, 2.05) is 0 Å². The van der Waals surface area contributed by atoms with Crippen LogP contribution in [0.5, 0.6) is 0 Å². The highest BCUT2D eigenvalue weighted by atomic mass is 19.4. The highest BCUT2D eigenvalue weighted by molar-refractivity contribution is 5.85. The second-order valence-corrected chi connectivity index (χ2v) is 5.01. The maximum Gasteiger partial charge on any atom is 0.391 e.